The Bertz CT molecular complexity index is 994. The third kappa shape index (κ3) is 4.04. The molecule has 2 heterocycles. The molecule has 3 aromatic rings. The highest BCUT2D eigenvalue weighted by Crippen LogP contribution is 2.34. The highest BCUT2D eigenvalue weighted by Gasteiger charge is 2.31. The lowest BCUT2D eigenvalue weighted by Gasteiger charge is -2.32. The van der Waals surface area contributed by atoms with Gasteiger partial charge in [-0.3, -0.25) is 4.79 Å². The second-order valence-electron chi connectivity index (χ2n) is 7.26. The van der Waals surface area contributed by atoms with Crippen LogP contribution in [0.25, 0.3) is 11.3 Å². The Hall–Kier alpha value is -2.70. The van der Waals surface area contributed by atoms with Crippen molar-refractivity contribution in [3.63, 3.8) is 0 Å². The van der Waals surface area contributed by atoms with Gasteiger partial charge in [0.25, 0.3) is 5.91 Å². The maximum absolute atomic E-state index is 14.4. The summed E-state index contributed by atoms with van der Waals surface area (Å²) >= 11 is 6.18. The van der Waals surface area contributed by atoms with Gasteiger partial charge in [0.15, 0.2) is 0 Å². The van der Waals surface area contributed by atoms with Gasteiger partial charge in [0.2, 0.25) is 0 Å². The number of hydrogen-bond donors (Lipinski definition) is 1. The number of carbonyl (C=O) groups is 1. The second kappa shape index (κ2) is 8.35. The van der Waals surface area contributed by atoms with Crippen LogP contribution in [-0.4, -0.2) is 42.1 Å². The normalized spacial score (nSPS) is 14.9. The van der Waals surface area contributed by atoms with Crippen LogP contribution >= 0.6 is 11.6 Å². The van der Waals surface area contributed by atoms with E-state index in [-0.39, 0.29) is 27.8 Å². The van der Waals surface area contributed by atoms with E-state index in [4.69, 9.17) is 16.1 Å². The Morgan fingerprint density at radius 1 is 1.17 bits per heavy atom. The van der Waals surface area contributed by atoms with E-state index in [1.54, 1.807) is 17.9 Å². The Morgan fingerprint density at radius 2 is 1.90 bits per heavy atom. The van der Waals surface area contributed by atoms with E-state index in [2.05, 4.69) is 17.3 Å². The first kappa shape index (κ1) is 19.6. The molecule has 1 amide bonds. The summed E-state index contributed by atoms with van der Waals surface area (Å²) in [7, 11) is 0. The van der Waals surface area contributed by atoms with Gasteiger partial charge in [0.1, 0.15) is 29.4 Å². The molecule has 0 atom stereocenters. The van der Waals surface area contributed by atoms with Crippen molar-refractivity contribution in [1.82, 2.24) is 10.1 Å². The number of benzene rings is 2. The number of halogens is 2. The summed E-state index contributed by atoms with van der Waals surface area (Å²) in [4.78, 5) is 16.4. The van der Waals surface area contributed by atoms with Crippen molar-refractivity contribution in [3.8, 4) is 11.3 Å². The van der Waals surface area contributed by atoms with Gasteiger partial charge in [-0.2, -0.15) is 0 Å². The minimum atomic E-state index is -0.531. The molecule has 1 saturated heterocycles. The average molecular weight is 415 g/mol. The van der Waals surface area contributed by atoms with Gasteiger partial charge in [-0.15, -0.1) is 0 Å². The fourth-order valence-electron chi connectivity index (χ4n) is 3.76. The molecule has 5 nitrogen and oxygen atoms in total. The van der Waals surface area contributed by atoms with Crippen molar-refractivity contribution in [2.24, 2.45) is 0 Å². The Morgan fingerprint density at radius 3 is 2.59 bits per heavy atom. The molecule has 1 aliphatic heterocycles. The van der Waals surface area contributed by atoms with Crippen molar-refractivity contribution < 1.29 is 18.6 Å². The summed E-state index contributed by atoms with van der Waals surface area (Å²) in [6, 6.07) is 14.7. The van der Waals surface area contributed by atoms with E-state index < -0.39 is 5.82 Å². The number of quaternary nitrogens is 1. The predicted molar refractivity (Wildman–Crippen MR) is 108 cm³/mol. The third-order valence-corrected chi connectivity index (χ3v) is 5.65. The van der Waals surface area contributed by atoms with Gasteiger partial charge in [-0.05, 0) is 19.1 Å². The summed E-state index contributed by atoms with van der Waals surface area (Å²) in [5.74, 6) is -0.364. The van der Waals surface area contributed by atoms with Gasteiger partial charge >= 0.3 is 0 Å². The van der Waals surface area contributed by atoms with Crippen molar-refractivity contribution in [1.29, 1.82) is 0 Å². The largest absolute Gasteiger partial charge is 0.360 e. The fraction of sp³-hybridized carbons (Fsp3) is 0.273. The number of rotatable bonds is 4. The molecule has 1 aromatic heterocycles. The van der Waals surface area contributed by atoms with Crippen LogP contribution in [0.2, 0.25) is 5.02 Å². The monoisotopic (exact) mass is 414 g/mol. The van der Waals surface area contributed by atoms with E-state index >= 15 is 0 Å². The smallest absolute Gasteiger partial charge is 0.260 e. The summed E-state index contributed by atoms with van der Waals surface area (Å²) in [5, 5.41) is 4.14. The molecule has 0 radical (unpaired) electrons. The molecule has 2 aromatic carbocycles. The van der Waals surface area contributed by atoms with Crippen molar-refractivity contribution in [2.75, 3.05) is 26.2 Å². The van der Waals surface area contributed by atoms with Gasteiger partial charge < -0.3 is 14.3 Å². The number of hydrogen-bond acceptors (Lipinski definition) is 3. The zero-order valence-electron chi connectivity index (χ0n) is 16.1. The maximum atomic E-state index is 14.4. The minimum Gasteiger partial charge on any atom is -0.360 e. The molecule has 150 valence electrons. The molecule has 0 aliphatic carbocycles. The number of aryl methyl sites for hydroxylation is 1. The molecule has 0 saturated carbocycles. The van der Waals surface area contributed by atoms with Gasteiger partial charge in [0, 0.05) is 5.56 Å². The highest BCUT2D eigenvalue weighted by molar-refractivity contribution is 6.33. The fourth-order valence-corrected chi connectivity index (χ4v) is 4.02. The first-order valence-corrected chi connectivity index (χ1v) is 10.00. The molecule has 29 heavy (non-hydrogen) atoms. The summed E-state index contributed by atoms with van der Waals surface area (Å²) in [5.41, 5.74) is 1.83. The zero-order chi connectivity index (χ0) is 20.4. The number of aromatic nitrogens is 1. The molecule has 0 unspecified atom stereocenters. The van der Waals surface area contributed by atoms with E-state index in [0.717, 1.165) is 19.6 Å². The van der Waals surface area contributed by atoms with Crippen LogP contribution in [0.1, 0.15) is 21.7 Å². The number of amides is 1. The van der Waals surface area contributed by atoms with E-state index in [1.165, 1.54) is 22.6 Å². The third-order valence-electron chi connectivity index (χ3n) is 5.33. The van der Waals surface area contributed by atoms with Gasteiger partial charge in [-0.25, -0.2) is 4.39 Å². The number of nitrogens with zero attached hydrogens (tertiary/aromatic N) is 2. The maximum Gasteiger partial charge on any atom is 0.260 e. The van der Waals surface area contributed by atoms with E-state index in [0.29, 0.717) is 18.8 Å². The first-order chi connectivity index (χ1) is 14.0. The molecule has 0 bridgehead atoms. The SMILES string of the molecule is Cc1onc(-c2c(F)cccc2Cl)c1C(=O)N1CC[NH+](Cc2ccccc2)CC1. The van der Waals surface area contributed by atoms with Crippen molar-refractivity contribution in [3.05, 3.63) is 76.3 Å². The Labute approximate surface area is 173 Å². The molecular formula is C22H22ClFN3O2+. The number of piperazine rings is 1. The van der Waals surface area contributed by atoms with Crippen molar-refractivity contribution in [2.45, 2.75) is 13.5 Å². The van der Waals surface area contributed by atoms with E-state index in [1.807, 2.05) is 18.2 Å². The lowest BCUT2D eigenvalue weighted by Crippen LogP contribution is -3.13. The van der Waals surface area contributed by atoms with Crippen LogP contribution in [0, 0.1) is 12.7 Å². The minimum absolute atomic E-state index is 0.0997. The van der Waals surface area contributed by atoms with Crippen LogP contribution in [0.5, 0.6) is 0 Å². The van der Waals surface area contributed by atoms with Crippen molar-refractivity contribution >= 4 is 17.5 Å². The Kier molecular flexibility index (Phi) is 5.65. The van der Waals surface area contributed by atoms with Gasteiger partial charge in [-0.1, -0.05) is 53.2 Å². The average Bonchev–Trinajstić information content (AvgIpc) is 3.10. The zero-order valence-corrected chi connectivity index (χ0v) is 16.9. The Balaban J connectivity index is 1.51. The first-order valence-electron chi connectivity index (χ1n) is 9.62. The second-order valence-corrected chi connectivity index (χ2v) is 7.67. The van der Waals surface area contributed by atoms with Crippen LogP contribution < -0.4 is 4.90 Å². The molecule has 0 spiro atoms. The topological polar surface area (TPSA) is 50.8 Å². The van der Waals surface area contributed by atoms with Gasteiger partial charge in [0.05, 0.1) is 36.8 Å². The standard InChI is InChI=1S/C22H21ClFN3O2/c1-15-19(21(25-29-15)20-17(23)8-5-9-18(20)24)22(28)27-12-10-26(11-13-27)14-16-6-3-2-4-7-16/h2-9H,10-14H2,1H3/p+1. The van der Waals surface area contributed by atoms with Crippen LogP contribution in [-0.2, 0) is 6.54 Å². The summed E-state index contributed by atoms with van der Waals surface area (Å²) in [6.07, 6.45) is 0. The molecule has 1 aliphatic rings. The highest BCUT2D eigenvalue weighted by atomic mass is 35.5. The van der Waals surface area contributed by atoms with E-state index in [9.17, 15) is 9.18 Å². The molecule has 1 fully saturated rings. The quantitative estimate of drug-likeness (QED) is 0.714. The molecule has 4 rings (SSSR count). The lowest BCUT2D eigenvalue weighted by molar-refractivity contribution is -0.917. The van der Waals surface area contributed by atoms with Crippen LogP contribution in [0.15, 0.2) is 53.1 Å². The number of carbonyl (C=O) groups excluding carboxylic acids is 1. The van der Waals surface area contributed by atoms with Crippen LogP contribution in [0.4, 0.5) is 4.39 Å². The molecule has 1 N–H and O–H groups in total. The molecular weight excluding hydrogens is 393 g/mol. The lowest BCUT2D eigenvalue weighted by atomic mass is 10.0. The number of nitrogens with one attached hydrogen (secondary N) is 1. The van der Waals surface area contributed by atoms with Crippen LogP contribution in [0.3, 0.4) is 0 Å². The molecule has 7 heteroatoms. The summed E-state index contributed by atoms with van der Waals surface area (Å²) in [6.45, 7) is 5.54. The summed E-state index contributed by atoms with van der Waals surface area (Å²) < 4.78 is 19.6. The predicted octanol–water partition coefficient (Wildman–Crippen LogP) is 2.98.